The molecule has 16 nitrogen and oxygen atoms in total. The van der Waals surface area contributed by atoms with Gasteiger partial charge >= 0.3 is 23.9 Å². The lowest BCUT2D eigenvalue weighted by Crippen LogP contribution is -2.49. The fourth-order valence-corrected chi connectivity index (χ4v) is 10.7. The summed E-state index contributed by atoms with van der Waals surface area (Å²) in [5.74, 6) is -1.06. The summed E-state index contributed by atoms with van der Waals surface area (Å²) >= 11 is 0. The fraction of sp³-hybridized carbons (Fsp3) is 0.490. The monoisotopic (exact) mass is 1060 g/mol. The second-order valence-corrected chi connectivity index (χ2v) is 19.4. The Labute approximate surface area is 429 Å². The molecule has 2 fully saturated rings. The second kappa shape index (κ2) is 21.7. The normalized spacial score (nSPS) is 20.2. The minimum atomic E-state index is -4.48. The van der Waals surface area contributed by atoms with E-state index in [1.165, 1.54) is 9.13 Å². The van der Waals surface area contributed by atoms with E-state index in [2.05, 4.69) is 19.8 Å². The molecule has 4 aliphatic heterocycles. The smallest absolute Gasteiger partial charge is 0.408 e. The Balaban J connectivity index is 0.000000211. The molecule has 2 saturated heterocycles. The number of benzene rings is 2. The van der Waals surface area contributed by atoms with Gasteiger partial charge in [0.05, 0.1) is 46.2 Å². The van der Waals surface area contributed by atoms with Crippen molar-refractivity contribution in [2.45, 2.75) is 71.6 Å². The molecule has 23 heteroatoms. The van der Waals surface area contributed by atoms with E-state index in [9.17, 15) is 45.5 Å². The van der Waals surface area contributed by atoms with E-state index >= 15 is 0 Å². The molecule has 0 unspecified atom stereocenters. The molecular weight excluding hydrogens is 999 g/mol. The third-order valence-electron chi connectivity index (χ3n) is 14.4. The van der Waals surface area contributed by atoms with Crippen molar-refractivity contribution in [3.8, 4) is 0 Å². The van der Waals surface area contributed by atoms with Crippen molar-refractivity contribution in [3.05, 3.63) is 127 Å². The molecule has 0 spiro atoms. The summed E-state index contributed by atoms with van der Waals surface area (Å²) in [5.41, 5.74) is 3.31. The first-order valence-corrected chi connectivity index (χ1v) is 23.5. The molecule has 400 valence electrons. The minimum Gasteiger partial charge on any atom is -0.408 e. The summed E-state index contributed by atoms with van der Waals surface area (Å²) in [7, 11) is 6.41. The van der Waals surface area contributed by atoms with Crippen LogP contribution in [0.15, 0.2) is 79.3 Å². The topological polar surface area (TPSA) is 162 Å². The summed E-state index contributed by atoms with van der Waals surface area (Å²) in [5, 5.41) is 0. The molecular formula is C51H60F6N8O8S. The van der Waals surface area contributed by atoms with Crippen molar-refractivity contribution in [2.75, 3.05) is 66.7 Å². The third-order valence-corrected chi connectivity index (χ3v) is 14.4. The van der Waals surface area contributed by atoms with Gasteiger partial charge in [-0.1, -0.05) is 19.6 Å². The third kappa shape index (κ3) is 11.2. The summed E-state index contributed by atoms with van der Waals surface area (Å²) in [6.45, 7) is 4.88. The maximum Gasteiger partial charge on any atom is 0.419 e. The lowest BCUT2D eigenvalue weighted by molar-refractivity contribution is -0.146. The number of rotatable bonds is 10. The average Bonchev–Trinajstić information content (AvgIpc) is 4.11. The Morgan fingerprint density at radius 2 is 1.03 bits per heavy atom. The predicted molar refractivity (Wildman–Crippen MR) is 265 cm³/mol. The van der Waals surface area contributed by atoms with Crippen molar-refractivity contribution in [1.29, 1.82) is 0 Å². The average molecular weight is 1060 g/mol. The van der Waals surface area contributed by atoms with E-state index in [4.69, 9.17) is 18.3 Å². The zero-order valence-electron chi connectivity index (χ0n) is 40.7. The largest absolute Gasteiger partial charge is 0.419 e. The molecule has 2 aromatic carbocycles. The Kier molecular flexibility index (Phi) is 16.3. The summed E-state index contributed by atoms with van der Waals surface area (Å²) in [4.78, 5) is 66.7. The number of nitrogens with zero attached hydrogens (tertiary/aromatic N) is 8. The standard InChI is InChI=1S/2C25H27F3N4O4.CH4.H2S/c2*1-30-20-9-16(3-4-21(20)36-23(30)34)12-31-8-6-24(14-31,15-35-2)22(33)32-7-5-19-17(13-32)10-18(11-29-19)25(26,27)28;;/h2*3-4,9-11H,5-8,12-15H2,1-2H3;1H4;1H2/t2*24-;;/m10../s1. The highest BCUT2D eigenvalue weighted by Crippen LogP contribution is 2.39. The van der Waals surface area contributed by atoms with Crippen LogP contribution in [0.2, 0.25) is 0 Å². The molecule has 74 heavy (non-hydrogen) atoms. The van der Waals surface area contributed by atoms with Crippen molar-refractivity contribution >= 4 is 47.5 Å². The number of amides is 2. The van der Waals surface area contributed by atoms with Gasteiger partial charge in [-0.3, -0.25) is 38.5 Å². The summed E-state index contributed by atoms with van der Waals surface area (Å²) < 4.78 is 103. The van der Waals surface area contributed by atoms with Crippen LogP contribution in [0.4, 0.5) is 26.3 Å². The number of ether oxygens (including phenoxy) is 2. The zero-order chi connectivity index (χ0) is 51.3. The number of likely N-dealkylation sites (tertiary alicyclic amines) is 2. The van der Waals surface area contributed by atoms with Gasteiger partial charge in [0.1, 0.15) is 0 Å². The van der Waals surface area contributed by atoms with Crippen LogP contribution >= 0.6 is 13.5 Å². The Morgan fingerprint density at radius 3 is 1.39 bits per heavy atom. The first-order chi connectivity index (χ1) is 34.2. The van der Waals surface area contributed by atoms with Gasteiger partial charge in [0, 0.05) is 117 Å². The van der Waals surface area contributed by atoms with E-state index in [1.807, 2.05) is 24.3 Å². The van der Waals surface area contributed by atoms with Crippen LogP contribution in [0.3, 0.4) is 0 Å². The van der Waals surface area contributed by atoms with Crippen LogP contribution in [0, 0.1) is 10.8 Å². The van der Waals surface area contributed by atoms with Gasteiger partial charge in [0.2, 0.25) is 11.8 Å². The van der Waals surface area contributed by atoms with Gasteiger partial charge < -0.3 is 28.1 Å². The van der Waals surface area contributed by atoms with Gasteiger partial charge in [-0.15, -0.1) is 0 Å². The quantitative estimate of drug-likeness (QED) is 0.134. The van der Waals surface area contributed by atoms with Gasteiger partial charge in [0.25, 0.3) is 0 Å². The van der Waals surface area contributed by atoms with Crippen LogP contribution in [-0.4, -0.2) is 117 Å². The molecule has 2 amide bonds. The number of hydrogen-bond donors (Lipinski definition) is 0. The number of pyridine rings is 2. The number of hydrogen-bond acceptors (Lipinski definition) is 12. The van der Waals surface area contributed by atoms with Crippen molar-refractivity contribution in [1.82, 2.24) is 38.7 Å². The highest BCUT2D eigenvalue weighted by Gasteiger charge is 2.49. The van der Waals surface area contributed by atoms with Crippen LogP contribution < -0.4 is 11.5 Å². The highest BCUT2D eigenvalue weighted by molar-refractivity contribution is 7.59. The van der Waals surface area contributed by atoms with Crippen molar-refractivity contribution in [3.63, 3.8) is 0 Å². The Bertz CT molecular complexity index is 2950. The van der Waals surface area contributed by atoms with Crippen LogP contribution in [-0.2, 0) is 84.5 Å². The molecule has 0 bridgehead atoms. The first kappa shape index (κ1) is 55.7. The van der Waals surface area contributed by atoms with Crippen LogP contribution in [0.1, 0.15) is 65.0 Å². The lowest BCUT2D eigenvalue weighted by atomic mass is 9.85. The number of halogens is 6. The number of carbonyl (C=O) groups excluding carboxylic acids is 2. The molecule has 4 aromatic heterocycles. The maximum absolute atomic E-state index is 13.8. The number of fused-ring (bicyclic) bond motifs is 4. The number of oxazole rings is 2. The van der Waals surface area contributed by atoms with Gasteiger partial charge in [0.15, 0.2) is 11.2 Å². The number of alkyl halides is 6. The molecule has 0 aliphatic carbocycles. The highest BCUT2D eigenvalue weighted by atomic mass is 32.1. The first-order valence-electron chi connectivity index (χ1n) is 23.5. The van der Waals surface area contributed by atoms with Gasteiger partial charge in [-0.25, -0.2) is 9.59 Å². The van der Waals surface area contributed by atoms with E-state index in [1.54, 1.807) is 50.2 Å². The molecule has 0 radical (unpaired) electrons. The molecule has 2 atom stereocenters. The maximum atomic E-state index is 13.8. The summed E-state index contributed by atoms with van der Waals surface area (Å²) in [6, 6.07) is 13.4. The van der Waals surface area contributed by atoms with E-state index in [-0.39, 0.29) is 59.0 Å². The number of methoxy groups -OCH3 is 2. The van der Waals surface area contributed by atoms with E-state index < -0.39 is 45.8 Å². The Morgan fingerprint density at radius 1 is 0.635 bits per heavy atom. The molecule has 0 N–H and O–H groups in total. The predicted octanol–water partition coefficient (Wildman–Crippen LogP) is 6.69. The zero-order valence-corrected chi connectivity index (χ0v) is 41.7. The van der Waals surface area contributed by atoms with Crippen LogP contribution in [0.5, 0.6) is 0 Å². The summed E-state index contributed by atoms with van der Waals surface area (Å²) in [6.07, 6.45) is -5.27. The molecule has 10 rings (SSSR count). The van der Waals surface area contributed by atoms with Gasteiger partial charge in [-0.2, -0.15) is 39.8 Å². The van der Waals surface area contributed by atoms with Gasteiger partial charge in [-0.05, 0) is 84.6 Å². The van der Waals surface area contributed by atoms with E-state index in [0.717, 1.165) is 35.7 Å². The molecule has 0 saturated carbocycles. The van der Waals surface area contributed by atoms with Crippen molar-refractivity contribution < 1.29 is 54.2 Å². The Hall–Kier alpha value is -6.01. The molecule has 4 aliphatic rings. The molecule has 8 heterocycles. The lowest BCUT2D eigenvalue weighted by Gasteiger charge is -2.36. The van der Waals surface area contributed by atoms with Crippen LogP contribution in [0.25, 0.3) is 22.2 Å². The van der Waals surface area contributed by atoms with Crippen molar-refractivity contribution in [2.24, 2.45) is 24.9 Å². The van der Waals surface area contributed by atoms with E-state index in [0.29, 0.717) is 123 Å². The SMILES string of the molecule is C.COC[C@@]1(C(=O)N2CCc3ncc(C(F)(F)F)cc3C2)CCN(Cc2ccc3oc(=O)n(C)c3c2)C1.COC[C@]1(C(=O)N2CCc3ncc(C(F)(F)F)cc3C2)CCN(Cc2ccc3oc(=O)n(C)c3c2)C1.S. The number of aryl methyl sites for hydroxylation is 2. The molecule has 6 aromatic rings. The number of carbonyl (C=O) groups is 2. The minimum absolute atomic E-state index is 0. The second-order valence-electron chi connectivity index (χ2n) is 19.4. The fourth-order valence-electron chi connectivity index (χ4n) is 10.7. The number of aromatic nitrogens is 4.